The van der Waals surface area contributed by atoms with Crippen LogP contribution in [0.25, 0.3) is 0 Å². The molecule has 0 amide bonds. The van der Waals surface area contributed by atoms with Crippen LogP contribution in [0.2, 0.25) is 5.02 Å². The van der Waals surface area contributed by atoms with Crippen LogP contribution in [0.15, 0.2) is 47.4 Å². The molecule has 0 radical (unpaired) electrons. The molecule has 6 nitrogen and oxygen atoms in total. The Morgan fingerprint density at radius 3 is 2.52 bits per heavy atom. The molecule has 2 aromatic rings. The van der Waals surface area contributed by atoms with Gasteiger partial charge in [0, 0.05) is 11.1 Å². The lowest BCUT2D eigenvalue weighted by Gasteiger charge is -2.07. The second kappa shape index (κ2) is 5.66. The van der Waals surface area contributed by atoms with Gasteiger partial charge < -0.3 is 4.18 Å². The highest BCUT2D eigenvalue weighted by atomic mass is 35.5. The van der Waals surface area contributed by atoms with Gasteiger partial charge in [0.2, 0.25) is 0 Å². The van der Waals surface area contributed by atoms with E-state index in [1.807, 2.05) is 0 Å². The van der Waals surface area contributed by atoms with Crippen LogP contribution in [0, 0.1) is 15.9 Å². The summed E-state index contributed by atoms with van der Waals surface area (Å²) in [6, 6.07) is 7.51. The van der Waals surface area contributed by atoms with E-state index in [0.29, 0.717) is 0 Å². The fourth-order valence-electron chi connectivity index (χ4n) is 1.50. The van der Waals surface area contributed by atoms with Crippen molar-refractivity contribution in [2.75, 3.05) is 0 Å². The fourth-order valence-corrected chi connectivity index (χ4v) is 2.64. The molecular formula is C12H7ClFNO5S. The first-order chi connectivity index (χ1) is 9.79. The van der Waals surface area contributed by atoms with Gasteiger partial charge in [0.25, 0.3) is 5.69 Å². The van der Waals surface area contributed by atoms with E-state index in [9.17, 15) is 22.9 Å². The number of nitro benzene ring substituents is 1. The quantitative estimate of drug-likeness (QED) is 0.488. The molecule has 0 N–H and O–H groups in total. The van der Waals surface area contributed by atoms with Crippen molar-refractivity contribution in [1.82, 2.24) is 0 Å². The van der Waals surface area contributed by atoms with Gasteiger partial charge in [-0.1, -0.05) is 17.7 Å². The molecule has 0 bridgehead atoms. The number of halogens is 2. The molecular weight excluding hydrogens is 325 g/mol. The number of nitro groups is 1. The van der Waals surface area contributed by atoms with E-state index in [0.717, 1.165) is 18.2 Å². The van der Waals surface area contributed by atoms with Crippen LogP contribution in [0.1, 0.15) is 0 Å². The minimum Gasteiger partial charge on any atom is -0.379 e. The maximum absolute atomic E-state index is 13.6. The van der Waals surface area contributed by atoms with E-state index in [-0.39, 0.29) is 16.5 Å². The van der Waals surface area contributed by atoms with Gasteiger partial charge in [-0.25, -0.2) is 4.39 Å². The predicted molar refractivity (Wildman–Crippen MR) is 72.3 cm³/mol. The standard InChI is InChI=1S/C12H7ClFNO5S/c13-8-4-5-12(11(14)6-8)21(18,19)20-10-3-1-2-9(7-10)15(16)17/h1-7H. The smallest absolute Gasteiger partial charge is 0.342 e. The van der Waals surface area contributed by atoms with Crippen LogP contribution in [0.4, 0.5) is 10.1 Å². The molecule has 0 unspecified atom stereocenters. The lowest BCUT2D eigenvalue weighted by Crippen LogP contribution is -2.11. The Balaban J connectivity index is 2.37. The van der Waals surface area contributed by atoms with Crippen molar-refractivity contribution in [2.45, 2.75) is 4.90 Å². The Morgan fingerprint density at radius 1 is 1.19 bits per heavy atom. The van der Waals surface area contributed by atoms with Crippen LogP contribution < -0.4 is 4.18 Å². The fraction of sp³-hybridized carbons (Fsp3) is 0. The van der Waals surface area contributed by atoms with Crippen molar-refractivity contribution in [1.29, 1.82) is 0 Å². The van der Waals surface area contributed by atoms with Gasteiger partial charge in [-0.2, -0.15) is 8.42 Å². The zero-order valence-corrected chi connectivity index (χ0v) is 11.8. The Hall–Kier alpha value is -2.19. The zero-order valence-electron chi connectivity index (χ0n) is 10.2. The maximum atomic E-state index is 13.6. The average Bonchev–Trinajstić information content (AvgIpc) is 2.37. The maximum Gasteiger partial charge on any atom is 0.342 e. The van der Waals surface area contributed by atoms with Crippen molar-refractivity contribution in [2.24, 2.45) is 0 Å². The molecule has 0 spiro atoms. The Bertz CT molecular complexity index is 809. The summed E-state index contributed by atoms with van der Waals surface area (Å²) in [6.07, 6.45) is 0. The molecule has 9 heteroatoms. The summed E-state index contributed by atoms with van der Waals surface area (Å²) in [7, 11) is -4.46. The Kier molecular flexibility index (Phi) is 4.10. The van der Waals surface area contributed by atoms with E-state index in [1.54, 1.807) is 0 Å². The third-order valence-corrected chi connectivity index (χ3v) is 3.91. The molecule has 2 rings (SSSR count). The number of nitrogens with zero attached hydrogens (tertiary/aromatic N) is 1. The third kappa shape index (κ3) is 3.47. The highest BCUT2D eigenvalue weighted by molar-refractivity contribution is 7.87. The van der Waals surface area contributed by atoms with Crippen LogP contribution in [0.5, 0.6) is 5.75 Å². The minimum absolute atomic E-state index is 0.0294. The Morgan fingerprint density at radius 2 is 1.90 bits per heavy atom. The molecule has 0 atom stereocenters. The molecule has 0 aliphatic rings. The number of hydrogen-bond acceptors (Lipinski definition) is 5. The molecule has 110 valence electrons. The van der Waals surface area contributed by atoms with E-state index in [1.165, 1.54) is 24.3 Å². The summed E-state index contributed by atoms with van der Waals surface area (Å²) in [6.45, 7) is 0. The first-order valence-corrected chi connectivity index (χ1v) is 7.22. The first kappa shape index (κ1) is 15.2. The van der Waals surface area contributed by atoms with Gasteiger partial charge in [0.05, 0.1) is 11.0 Å². The van der Waals surface area contributed by atoms with Crippen molar-refractivity contribution in [3.8, 4) is 5.75 Å². The van der Waals surface area contributed by atoms with Crippen LogP contribution in [0.3, 0.4) is 0 Å². The van der Waals surface area contributed by atoms with Crippen LogP contribution in [-0.2, 0) is 10.1 Å². The Labute approximate surface area is 124 Å². The summed E-state index contributed by atoms with van der Waals surface area (Å²) >= 11 is 5.53. The summed E-state index contributed by atoms with van der Waals surface area (Å²) in [5.74, 6) is -1.37. The van der Waals surface area contributed by atoms with Gasteiger partial charge in [0.15, 0.2) is 0 Å². The second-order valence-electron chi connectivity index (χ2n) is 3.87. The van der Waals surface area contributed by atoms with Crippen molar-refractivity contribution in [3.63, 3.8) is 0 Å². The molecule has 0 aliphatic carbocycles. The zero-order chi connectivity index (χ0) is 15.6. The molecule has 0 aromatic heterocycles. The van der Waals surface area contributed by atoms with Gasteiger partial charge in [-0.15, -0.1) is 0 Å². The number of hydrogen-bond donors (Lipinski definition) is 0. The molecule has 0 fully saturated rings. The molecule has 21 heavy (non-hydrogen) atoms. The van der Waals surface area contributed by atoms with Crippen LogP contribution >= 0.6 is 11.6 Å². The van der Waals surface area contributed by atoms with Gasteiger partial charge in [0.1, 0.15) is 16.5 Å². The largest absolute Gasteiger partial charge is 0.379 e. The minimum atomic E-state index is -4.46. The average molecular weight is 332 g/mol. The van der Waals surface area contributed by atoms with E-state index in [2.05, 4.69) is 4.18 Å². The topological polar surface area (TPSA) is 86.5 Å². The van der Waals surface area contributed by atoms with Crippen molar-refractivity contribution >= 4 is 27.4 Å². The predicted octanol–water partition coefficient (Wildman–Crippen LogP) is 3.16. The van der Waals surface area contributed by atoms with Crippen molar-refractivity contribution in [3.05, 3.63) is 63.4 Å². The summed E-state index contributed by atoms with van der Waals surface area (Å²) in [5.41, 5.74) is -0.348. The highest BCUT2D eigenvalue weighted by Crippen LogP contribution is 2.25. The van der Waals surface area contributed by atoms with E-state index < -0.39 is 25.8 Å². The molecule has 0 aliphatic heterocycles. The van der Waals surface area contributed by atoms with E-state index in [4.69, 9.17) is 11.6 Å². The first-order valence-electron chi connectivity index (χ1n) is 5.43. The lowest BCUT2D eigenvalue weighted by molar-refractivity contribution is -0.384. The lowest BCUT2D eigenvalue weighted by atomic mass is 10.3. The van der Waals surface area contributed by atoms with Gasteiger partial charge >= 0.3 is 10.1 Å². The molecule has 0 saturated carbocycles. The van der Waals surface area contributed by atoms with Gasteiger partial charge in [-0.3, -0.25) is 10.1 Å². The SMILES string of the molecule is O=[N+]([O-])c1cccc(OS(=O)(=O)c2ccc(Cl)cc2F)c1. The highest BCUT2D eigenvalue weighted by Gasteiger charge is 2.22. The number of rotatable bonds is 4. The molecule has 0 saturated heterocycles. The third-order valence-electron chi connectivity index (χ3n) is 2.40. The van der Waals surface area contributed by atoms with Crippen molar-refractivity contribution < 1.29 is 21.9 Å². The number of non-ortho nitro benzene ring substituents is 1. The van der Waals surface area contributed by atoms with E-state index >= 15 is 0 Å². The molecule has 0 heterocycles. The molecule has 2 aromatic carbocycles. The summed E-state index contributed by atoms with van der Waals surface area (Å²) < 4.78 is 42.2. The summed E-state index contributed by atoms with van der Waals surface area (Å²) in [5, 5.41) is 10.6. The van der Waals surface area contributed by atoms with Gasteiger partial charge in [-0.05, 0) is 24.3 Å². The normalized spacial score (nSPS) is 11.1. The van der Waals surface area contributed by atoms with Crippen LogP contribution in [-0.4, -0.2) is 13.3 Å². The summed E-state index contributed by atoms with van der Waals surface area (Å²) in [4.78, 5) is 9.19. The number of benzene rings is 2. The second-order valence-corrected chi connectivity index (χ2v) is 5.82. The monoisotopic (exact) mass is 331 g/mol.